The van der Waals surface area contributed by atoms with Gasteiger partial charge in [0.25, 0.3) is 5.13 Å². The molecule has 1 nitrogen and oxygen atoms in total. The summed E-state index contributed by atoms with van der Waals surface area (Å²) in [6, 6.07) is 1.20. The van der Waals surface area contributed by atoms with Crippen LogP contribution in [0.4, 0.5) is 13.2 Å². The molecule has 1 rings (SSSR count). The summed E-state index contributed by atoms with van der Waals surface area (Å²) < 4.78 is 37.2. The van der Waals surface area contributed by atoms with Crippen LogP contribution in [0.1, 0.15) is 6.42 Å². The molecular weight excluding hydrogens is 202 g/mol. The number of halogens is 5. The first-order valence-corrected chi connectivity index (χ1v) is 3.38. The largest absolute Gasteiger partial charge is 0.301 e. The van der Waals surface area contributed by atoms with Crippen LogP contribution in [0.3, 0.4) is 0 Å². The van der Waals surface area contributed by atoms with Crippen LogP contribution >= 0.6 is 23.2 Å². The van der Waals surface area contributed by atoms with E-state index >= 15 is 0 Å². The summed E-state index contributed by atoms with van der Waals surface area (Å²) in [4.78, 5) is -2.28. The highest BCUT2D eigenvalue weighted by Crippen LogP contribution is 2.62. The predicted molar refractivity (Wildman–Crippen MR) is 33.5 cm³/mol. The first kappa shape index (κ1) is 8.95. The molecule has 0 aliphatic heterocycles. The Labute approximate surface area is 70.7 Å². The topological polar surface area (TPSA) is 23.8 Å². The van der Waals surface area contributed by atoms with E-state index in [0.717, 1.165) is 0 Å². The molecule has 0 aromatic heterocycles. The van der Waals surface area contributed by atoms with Crippen LogP contribution in [-0.4, -0.2) is 15.9 Å². The van der Waals surface area contributed by atoms with Gasteiger partial charge < -0.3 is 0 Å². The summed E-state index contributed by atoms with van der Waals surface area (Å²) in [6.45, 7) is 0. The van der Waals surface area contributed by atoms with Gasteiger partial charge >= 0.3 is 5.92 Å². The molecule has 0 amide bonds. The van der Waals surface area contributed by atoms with E-state index in [0.29, 0.717) is 0 Å². The third-order valence-electron chi connectivity index (χ3n) is 1.60. The van der Waals surface area contributed by atoms with Crippen molar-refractivity contribution in [3.05, 3.63) is 0 Å². The number of hydrogen-bond donors (Lipinski definition) is 0. The van der Waals surface area contributed by atoms with Gasteiger partial charge in [0, 0.05) is 0 Å². The van der Waals surface area contributed by atoms with E-state index in [1.807, 2.05) is 0 Å². The third-order valence-corrected chi connectivity index (χ3v) is 2.77. The van der Waals surface area contributed by atoms with E-state index in [2.05, 4.69) is 0 Å². The van der Waals surface area contributed by atoms with E-state index in [4.69, 9.17) is 28.5 Å². The van der Waals surface area contributed by atoms with Crippen LogP contribution in [-0.2, 0) is 0 Å². The number of alkyl halides is 5. The maximum atomic E-state index is 12.7. The first-order valence-electron chi connectivity index (χ1n) is 2.63. The fourth-order valence-electron chi connectivity index (χ4n) is 0.821. The number of nitriles is 1. The molecule has 11 heavy (non-hydrogen) atoms. The maximum Gasteiger partial charge on any atom is 0.301 e. The van der Waals surface area contributed by atoms with Crippen molar-refractivity contribution in [2.45, 2.75) is 22.3 Å². The van der Waals surface area contributed by atoms with Crippen LogP contribution in [0.2, 0.25) is 0 Å². The van der Waals surface area contributed by atoms with Gasteiger partial charge in [-0.1, -0.05) is 23.2 Å². The third kappa shape index (κ3) is 0.844. The summed E-state index contributed by atoms with van der Waals surface area (Å²) in [5, 5.41) is 4.74. The van der Waals surface area contributed by atoms with Gasteiger partial charge in [-0.05, 0) is 0 Å². The van der Waals surface area contributed by atoms with Crippen molar-refractivity contribution in [2.75, 3.05) is 0 Å². The Hall–Kier alpha value is -0.140. The average Bonchev–Trinajstić information content (AvgIpc) is 1.86. The molecule has 0 bridgehead atoms. The second-order valence-electron chi connectivity index (χ2n) is 2.37. The van der Waals surface area contributed by atoms with Gasteiger partial charge in [-0.15, -0.1) is 0 Å². The average molecular weight is 204 g/mol. The van der Waals surface area contributed by atoms with Gasteiger partial charge in [0.05, 0.1) is 12.5 Å². The molecule has 2 atom stereocenters. The lowest BCUT2D eigenvalue weighted by Gasteiger charge is -2.47. The van der Waals surface area contributed by atoms with Gasteiger partial charge in [0.2, 0.25) is 0 Å². The van der Waals surface area contributed by atoms with Crippen molar-refractivity contribution in [1.82, 2.24) is 0 Å². The number of rotatable bonds is 0. The van der Waals surface area contributed by atoms with Gasteiger partial charge in [-0.3, -0.25) is 0 Å². The fraction of sp³-hybridized carbons (Fsp3) is 0.800. The Balaban J connectivity index is 2.96. The Morgan fingerprint density at radius 3 is 1.82 bits per heavy atom. The molecule has 6 heteroatoms. The van der Waals surface area contributed by atoms with Crippen molar-refractivity contribution < 1.29 is 13.2 Å². The summed E-state index contributed by atoms with van der Waals surface area (Å²) in [5.74, 6) is -3.70. The molecule has 1 saturated carbocycles. The first-order chi connectivity index (χ1) is 4.77. The molecule has 0 N–H and O–H groups in total. The van der Waals surface area contributed by atoms with Crippen LogP contribution in [0.15, 0.2) is 0 Å². The van der Waals surface area contributed by atoms with E-state index < -0.39 is 22.3 Å². The Morgan fingerprint density at radius 1 is 1.27 bits per heavy atom. The molecule has 0 radical (unpaired) electrons. The van der Waals surface area contributed by atoms with Crippen molar-refractivity contribution in [3.8, 4) is 6.07 Å². The highest BCUT2D eigenvalue weighted by molar-refractivity contribution is 6.37. The van der Waals surface area contributed by atoms with Gasteiger partial charge in [0.1, 0.15) is 0 Å². The minimum absolute atomic E-state index is 1.04. The van der Waals surface area contributed by atoms with Crippen molar-refractivity contribution in [3.63, 3.8) is 0 Å². The second kappa shape index (κ2) is 1.96. The zero-order chi connectivity index (χ0) is 8.91. The lowest BCUT2D eigenvalue weighted by Crippen LogP contribution is -2.67. The molecule has 0 aromatic rings. The lowest BCUT2D eigenvalue weighted by molar-refractivity contribution is -0.180. The van der Waals surface area contributed by atoms with Gasteiger partial charge in [-0.2, -0.15) is 5.26 Å². The Morgan fingerprint density at radius 2 is 1.73 bits per heavy atom. The number of nitrogens with zero attached hydrogens (tertiary/aromatic N) is 1. The van der Waals surface area contributed by atoms with Crippen molar-refractivity contribution in [2.24, 2.45) is 0 Å². The van der Waals surface area contributed by atoms with Crippen molar-refractivity contribution >= 4 is 23.2 Å². The van der Waals surface area contributed by atoms with Gasteiger partial charge in [-0.25, -0.2) is 13.2 Å². The molecule has 1 aliphatic carbocycles. The van der Waals surface area contributed by atoms with E-state index in [-0.39, 0.29) is 0 Å². The van der Waals surface area contributed by atoms with Crippen LogP contribution in [0.5, 0.6) is 0 Å². The minimum atomic E-state index is -3.70. The highest BCUT2D eigenvalue weighted by atomic mass is 35.5. The molecule has 1 fully saturated rings. The molecular formula is C5H2Cl2F3N. The summed E-state index contributed by atoms with van der Waals surface area (Å²) >= 11 is 9.85. The quantitative estimate of drug-likeness (QED) is 0.555. The minimum Gasteiger partial charge on any atom is -0.216 e. The zero-order valence-electron chi connectivity index (χ0n) is 5.04. The second-order valence-corrected chi connectivity index (χ2v) is 3.53. The van der Waals surface area contributed by atoms with Crippen molar-refractivity contribution in [1.29, 1.82) is 5.26 Å². The predicted octanol–water partition coefficient (Wildman–Crippen LogP) is 2.43. The smallest absolute Gasteiger partial charge is 0.216 e. The monoisotopic (exact) mass is 203 g/mol. The summed E-state index contributed by atoms with van der Waals surface area (Å²) in [6.07, 6.45) is -1.04. The highest BCUT2D eigenvalue weighted by Gasteiger charge is 2.79. The maximum absolute atomic E-state index is 12.7. The Bertz CT molecular complexity index is 234. The molecule has 0 aromatic carbocycles. The molecule has 62 valence electrons. The molecule has 0 spiro atoms. The standard InChI is InChI=1S/C5H2Cl2F3N/c6-3(2-11)1-4(8,9)5(3,7)10/h1H2. The van der Waals surface area contributed by atoms with Crippen LogP contribution < -0.4 is 0 Å². The van der Waals surface area contributed by atoms with E-state index in [1.54, 1.807) is 0 Å². The molecule has 2 unspecified atom stereocenters. The molecule has 0 heterocycles. The zero-order valence-corrected chi connectivity index (χ0v) is 6.56. The Kier molecular flexibility index (Phi) is 1.60. The fourth-order valence-corrected chi connectivity index (χ4v) is 1.30. The molecule has 0 saturated heterocycles. The molecule has 1 aliphatic rings. The summed E-state index contributed by atoms with van der Waals surface area (Å²) in [5.41, 5.74) is 0. The normalized spacial score (nSPS) is 47.6. The van der Waals surface area contributed by atoms with Crippen LogP contribution in [0, 0.1) is 11.3 Å². The van der Waals surface area contributed by atoms with E-state index in [1.165, 1.54) is 6.07 Å². The number of hydrogen-bond acceptors (Lipinski definition) is 1. The van der Waals surface area contributed by atoms with Gasteiger partial charge in [0.15, 0.2) is 4.87 Å². The van der Waals surface area contributed by atoms with E-state index in [9.17, 15) is 13.2 Å². The summed E-state index contributed by atoms with van der Waals surface area (Å²) in [7, 11) is 0. The van der Waals surface area contributed by atoms with Crippen LogP contribution in [0.25, 0.3) is 0 Å². The lowest BCUT2D eigenvalue weighted by atomic mass is 9.78. The SMILES string of the molecule is N#CC1(Cl)CC(F)(F)C1(F)Cl.